The summed E-state index contributed by atoms with van der Waals surface area (Å²) in [5.74, 6) is -0.700. The van der Waals surface area contributed by atoms with Gasteiger partial charge in [0.15, 0.2) is 0 Å². The van der Waals surface area contributed by atoms with E-state index in [0.717, 1.165) is 38.8 Å². The zero-order valence-corrected chi connectivity index (χ0v) is 19.7. The highest BCUT2D eigenvalue weighted by atomic mass is 35.5. The number of amides is 1. The summed E-state index contributed by atoms with van der Waals surface area (Å²) in [5, 5.41) is 3.20. The molecule has 2 aromatic rings. The lowest BCUT2D eigenvalue weighted by Gasteiger charge is -2.29. The van der Waals surface area contributed by atoms with Crippen molar-refractivity contribution in [1.29, 1.82) is 0 Å². The van der Waals surface area contributed by atoms with Crippen LogP contribution in [-0.4, -0.2) is 44.9 Å². The second-order valence-corrected chi connectivity index (χ2v) is 10.6. The van der Waals surface area contributed by atoms with Crippen molar-refractivity contribution in [2.75, 3.05) is 19.6 Å². The van der Waals surface area contributed by atoms with E-state index in [-0.39, 0.29) is 35.2 Å². The van der Waals surface area contributed by atoms with E-state index in [9.17, 15) is 17.6 Å². The quantitative estimate of drug-likeness (QED) is 0.522. The normalized spacial score (nSPS) is 18.0. The van der Waals surface area contributed by atoms with Gasteiger partial charge in [0.25, 0.3) is 0 Å². The van der Waals surface area contributed by atoms with Crippen LogP contribution in [0.1, 0.15) is 42.9 Å². The molecule has 1 heterocycles. The standard InChI is InChI=1S/C24H27ClFN3O3S/c25-20-4-3-5-21(26)24(20)22(29-14-1-2-15-29)16-27-23(30)13-8-17-6-11-19(12-7-17)33(31,32)28-18-9-10-18/h3-8,11-13,18,22,28H,1-2,9-10,14-16H2,(H,27,30)/b13-8+. The van der Waals surface area contributed by atoms with Crippen LogP contribution in [0.2, 0.25) is 5.02 Å². The maximum Gasteiger partial charge on any atom is 0.244 e. The van der Waals surface area contributed by atoms with Crippen LogP contribution in [0.4, 0.5) is 4.39 Å². The molecule has 1 amide bonds. The largest absolute Gasteiger partial charge is 0.351 e. The Morgan fingerprint density at radius 2 is 1.85 bits per heavy atom. The van der Waals surface area contributed by atoms with Gasteiger partial charge >= 0.3 is 0 Å². The monoisotopic (exact) mass is 491 g/mol. The second kappa shape index (κ2) is 10.3. The maximum absolute atomic E-state index is 14.6. The van der Waals surface area contributed by atoms with Crippen LogP contribution < -0.4 is 10.0 Å². The number of sulfonamides is 1. The van der Waals surface area contributed by atoms with Crippen LogP contribution >= 0.6 is 11.6 Å². The summed E-state index contributed by atoms with van der Waals surface area (Å²) in [7, 11) is -3.50. The molecular formula is C24H27ClFN3O3S. The Labute approximate surface area is 198 Å². The average Bonchev–Trinajstić information content (AvgIpc) is 3.42. The van der Waals surface area contributed by atoms with Crippen molar-refractivity contribution in [3.05, 3.63) is 70.5 Å². The van der Waals surface area contributed by atoms with Crippen molar-refractivity contribution in [1.82, 2.24) is 14.9 Å². The Balaban J connectivity index is 1.39. The highest BCUT2D eigenvalue weighted by Gasteiger charge is 2.28. The zero-order chi connectivity index (χ0) is 23.4. The first-order chi connectivity index (χ1) is 15.8. The number of likely N-dealkylation sites (tertiary alicyclic amines) is 1. The molecule has 0 bridgehead atoms. The van der Waals surface area contributed by atoms with Gasteiger partial charge in [-0.25, -0.2) is 17.5 Å². The van der Waals surface area contributed by atoms with Gasteiger partial charge in [-0.15, -0.1) is 0 Å². The van der Waals surface area contributed by atoms with E-state index >= 15 is 0 Å². The number of nitrogens with one attached hydrogen (secondary N) is 2. The maximum atomic E-state index is 14.6. The average molecular weight is 492 g/mol. The van der Waals surface area contributed by atoms with Crippen LogP contribution in [-0.2, 0) is 14.8 Å². The third-order valence-corrected chi connectivity index (χ3v) is 7.77. The molecule has 2 fully saturated rings. The topological polar surface area (TPSA) is 78.5 Å². The van der Waals surface area contributed by atoms with Gasteiger partial charge in [-0.2, -0.15) is 0 Å². The Hall–Kier alpha value is -2.26. The summed E-state index contributed by atoms with van der Waals surface area (Å²) < 4.78 is 41.7. The van der Waals surface area contributed by atoms with Crippen molar-refractivity contribution >= 4 is 33.6 Å². The van der Waals surface area contributed by atoms with Crippen molar-refractivity contribution < 1.29 is 17.6 Å². The summed E-state index contributed by atoms with van der Waals surface area (Å²) in [6.07, 6.45) is 6.79. The van der Waals surface area contributed by atoms with Crippen LogP contribution in [0.15, 0.2) is 53.4 Å². The summed E-state index contributed by atoms with van der Waals surface area (Å²) in [4.78, 5) is 14.8. The molecule has 33 heavy (non-hydrogen) atoms. The number of hydrogen-bond donors (Lipinski definition) is 2. The molecule has 1 atom stereocenters. The minimum absolute atomic E-state index is 0.0434. The van der Waals surface area contributed by atoms with Crippen molar-refractivity contribution in [3.63, 3.8) is 0 Å². The summed E-state index contributed by atoms with van der Waals surface area (Å²) >= 11 is 6.29. The molecule has 4 rings (SSSR count). The molecule has 176 valence electrons. The number of halogens is 2. The Morgan fingerprint density at radius 1 is 1.15 bits per heavy atom. The Bertz CT molecular complexity index is 1110. The van der Waals surface area contributed by atoms with Gasteiger partial charge in [0.1, 0.15) is 5.82 Å². The molecular weight excluding hydrogens is 465 g/mol. The lowest BCUT2D eigenvalue weighted by atomic mass is 10.0. The van der Waals surface area contributed by atoms with Gasteiger partial charge in [-0.3, -0.25) is 9.69 Å². The van der Waals surface area contributed by atoms with E-state index in [2.05, 4.69) is 14.9 Å². The third-order valence-electron chi connectivity index (χ3n) is 5.90. The smallest absolute Gasteiger partial charge is 0.244 e. The highest BCUT2D eigenvalue weighted by molar-refractivity contribution is 7.89. The van der Waals surface area contributed by atoms with Crippen LogP contribution in [0, 0.1) is 5.82 Å². The molecule has 1 aliphatic carbocycles. The lowest BCUT2D eigenvalue weighted by molar-refractivity contribution is -0.116. The first-order valence-electron chi connectivity index (χ1n) is 11.1. The number of rotatable bonds is 9. The summed E-state index contributed by atoms with van der Waals surface area (Å²) in [6, 6.07) is 10.7. The highest BCUT2D eigenvalue weighted by Crippen LogP contribution is 2.32. The van der Waals surface area contributed by atoms with E-state index in [4.69, 9.17) is 11.6 Å². The fourth-order valence-electron chi connectivity index (χ4n) is 3.97. The number of carbonyl (C=O) groups excluding carboxylic acids is 1. The predicted octanol–water partition coefficient (Wildman–Crippen LogP) is 3.89. The SMILES string of the molecule is O=C(/C=C/c1ccc(S(=O)(=O)NC2CC2)cc1)NCC(c1c(F)cccc1Cl)N1CCCC1. The Kier molecular flexibility index (Phi) is 7.48. The molecule has 1 saturated carbocycles. The van der Waals surface area contributed by atoms with E-state index in [1.165, 1.54) is 24.3 Å². The second-order valence-electron chi connectivity index (χ2n) is 8.44. The molecule has 2 aliphatic rings. The molecule has 9 heteroatoms. The molecule has 0 spiro atoms. The van der Waals surface area contributed by atoms with Crippen molar-refractivity contribution in [2.45, 2.75) is 42.7 Å². The van der Waals surface area contributed by atoms with Gasteiger partial charge in [0.05, 0.1) is 10.9 Å². The Morgan fingerprint density at radius 3 is 2.48 bits per heavy atom. The number of hydrogen-bond acceptors (Lipinski definition) is 4. The van der Waals surface area contributed by atoms with Gasteiger partial charge in [-0.05, 0) is 74.7 Å². The first-order valence-corrected chi connectivity index (χ1v) is 13.0. The van der Waals surface area contributed by atoms with Crippen molar-refractivity contribution in [3.8, 4) is 0 Å². The van der Waals surface area contributed by atoms with Crippen LogP contribution in [0.5, 0.6) is 0 Å². The zero-order valence-electron chi connectivity index (χ0n) is 18.1. The van der Waals surface area contributed by atoms with Gasteiger partial charge < -0.3 is 5.32 Å². The van der Waals surface area contributed by atoms with E-state index in [1.807, 2.05) is 0 Å². The molecule has 1 unspecified atom stereocenters. The van der Waals surface area contributed by atoms with E-state index in [1.54, 1.807) is 30.3 Å². The van der Waals surface area contributed by atoms with Crippen LogP contribution in [0.25, 0.3) is 6.08 Å². The fraction of sp³-hybridized carbons (Fsp3) is 0.375. The molecule has 1 saturated heterocycles. The molecule has 2 N–H and O–H groups in total. The third kappa shape index (κ3) is 6.20. The fourth-order valence-corrected chi connectivity index (χ4v) is 5.56. The lowest BCUT2D eigenvalue weighted by Crippen LogP contribution is -2.36. The van der Waals surface area contributed by atoms with E-state index < -0.39 is 10.0 Å². The molecule has 0 aromatic heterocycles. The molecule has 6 nitrogen and oxygen atoms in total. The predicted molar refractivity (Wildman–Crippen MR) is 127 cm³/mol. The minimum Gasteiger partial charge on any atom is -0.351 e. The minimum atomic E-state index is -3.50. The van der Waals surface area contributed by atoms with Crippen molar-refractivity contribution in [2.24, 2.45) is 0 Å². The summed E-state index contributed by atoms with van der Waals surface area (Å²) in [6.45, 7) is 1.88. The van der Waals surface area contributed by atoms with Gasteiger partial charge in [-0.1, -0.05) is 29.8 Å². The number of nitrogens with zero attached hydrogens (tertiary/aromatic N) is 1. The summed E-state index contributed by atoms with van der Waals surface area (Å²) in [5.41, 5.74) is 1.10. The van der Waals surface area contributed by atoms with Gasteiger partial charge in [0, 0.05) is 29.2 Å². The van der Waals surface area contributed by atoms with Gasteiger partial charge in [0.2, 0.25) is 15.9 Å². The number of carbonyl (C=O) groups is 1. The molecule has 2 aromatic carbocycles. The first kappa shape index (κ1) is 23.9. The van der Waals surface area contributed by atoms with Crippen LogP contribution in [0.3, 0.4) is 0 Å². The molecule has 1 aliphatic heterocycles. The number of benzene rings is 2. The molecule has 0 radical (unpaired) electrons. The van der Waals surface area contributed by atoms with E-state index in [0.29, 0.717) is 16.1 Å².